The Morgan fingerprint density at radius 2 is 1.88 bits per heavy atom. The van der Waals surface area contributed by atoms with Crippen molar-refractivity contribution in [1.82, 2.24) is 5.32 Å². The van der Waals surface area contributed by atoms with E-state index in [2.05, 4.69) is 10.1 Å². The molecule has 0 rings (SSSR count). The van der Waals surface area contributed by atoms with Crippen molar-refractivity contribution in [1.29, 1.82) is 0 Å². The molecule has 0 aromatic rings. The number of aliphatic hydroxyl groups is 1. The summed E-state index contributed by atoms with van der Waals surface area (Å²) in [4.78, 5) is 11.0. The number of hydrogen-bond donors (Lipinski definition) is 2. The van der Waals surface area contributed by atoms with Crippen molar-refractivity contribution >= 4 is 5.91 Å². The lowest BCUT2D eigenvalue weighted by Gasteiger charge is -2.25. The zero-order valence-corrected chi connectivity index (χ0v) is 10.1. The van der Waals surface area contributed by atoms with E-state index in [-0.39, 0.29) is 6.54 Å². The minimum atomic E-state index is -4.44. The summed E-state index contributed by atoms with van der Waals surface area (Å²) >= 11 is 0. The standard InChI is InChI=1S/C10H18F3NO3/c1-9(2,3)7(15)4-14-8(16)5-17-6-10(11,12)13/h7,15H,4-6H2,1-3H3,(H,14,16). The van der Waals surface area contributed by atoms with Gasteiger partial charge in [0, 0.05) is 6.54 Å². The van der Waals surface area contributed by atoms with Crippen LogP contribution in [0.2, 0.25) is 0 Å². The fourth-order valence-electron chi connectivity index (χ4n) is 0.827. The summed E-state index contributed by atoms with van der Waals surface area (Å²) in [6.07, 6.45) is -5.21. The fraction of sp³-hybridized carbons (Fsp3) is 0.900. The second-order valence-electron chi connectivity index (χ2n) is 4.79. The predicted molar refractivity (Wildman–Crippen MR) is 55.3 cm³/mol. The molecule has 0 radical (unpaired) electrons. The Hall–Kier alpha value is -0.820. The minimum Gasteiger partial charge on any atom is -0.391 e. The summed E-state index contributed by atoms with van der Waals surface area (Å²) in [5, 5.41) is 11.8. The van der Waals surface area contributed by atoms with Gasteiger partial charge >= 0.3 is 6.18 Å². The number of halogens is 3. The lowest BCUT2D eigenvalue weighted by Crippen LogP contribution is -2.40. The van der Waals surface area contributed by atoms with Crippen LogP contribution in [0, 0.1) is 5.41 Å². The van der Waals surface area contributed by atoms with Gasteiger partial charge in [-0.2, -0.15) is 13.2 Å². The van der Waals surface area contributed by atoms with Gasteiger partial charge in [-0.05, 0) is 5.41 Å². The summed E-state index contributed by atoms with van der Waals surface area (Å²) in [6, 6.07) is 0. The Morgan fingerprint density at radius 1 is 1.35 bits per heavy atom. The summed E-state index contributed by atoms with van der Waals surface area (Å²) in [6.45, 7) is 3.20. The molecular formula is C10H18F3NO3. The molecule has 0 spiro atoms. The number of rotatable bonds is 5. The number of alkyl halides is 3. The number of ether oxygens (including phenoxy) is 1. The molecule has 102 valence electrons. The average Bonchev–Trinajstić information content (AvgIpc) is 2.10. The molecular weight excluding hydrogens is 239 g/mol. The van der Waals surface area contributed by atoms with Gasteiger partial charge in [0.05, 0.1) is 6.10 Å². The van der Waals surface area contributed by atoms with E-state index < -0.39 is 36.8 Å². The van der Waals surface area contributed by atoms with E-state index in [4.69, 9.17) is 0 Å². The van der Waals surface area contributed by atoms with Crippen LogP contribution in [0.3, 0.4) is 0 Å². The van der Waals surface area contributed by atoms with Gasteiger partial charge in [0.2, 0.25) is 5.91 Å². The maximum atomic E-state index is 11.7. The smallest absolute Gasteiger partial charge is 0.391 e. The molecule has 0 fully saturated rings. The third-order valence-electron chi connectivity index (χ3n) is 1.99. The van der Waals surface area contributed by atoms with Crippen LogP contribution < -0.4 is 5.32 Å². The zero-order chi connectivity index (χ0) is 13.7. The van der Waals surface area contributed by atoms with Crippen molar-refractivity contribution in [2.75, 3.05) is 19.8 Å². The molecule has 1 atom stereocenters. The second kappa shape index (κ2) is 6.20. The Labute approximate surface area is 98.1 Å². The molecule has 0 bridgehead atoms. The summed E-state index contributed by atoms with van der Waals surface area (Å²) in [5.41, 5.74) is -0.403. The van der Waals surface area contributed by atoms with E-state index in [0.29, 0.717) is 0 Å². The number of nitrogens with one attached hydrogen (secondary N) is 1. The van der Waals surface area contributed by atoms with E-state index in [9.17, 15) is 23.1 Å². The first-order chi connectivity index (χ1) is 7.52. The third-order valence-corrected chi connectivity index (χ3v) is 1.99. The van der Waals surface area contributed by atoms with Gasteiger partial charge in [0.1, 0.15) is 13.2 Å². The second-order valence-corrected chi connectivity index (χ2v) is 4.79. The van der Waals surface area contributed by atoms with Crippen LogP contribution in [0.25, 0.3) is 0 Å². The van der Waals surface area contributed by atoms with E-state index in [1.54, 1.807) is 20.8 Å². The molecule has 2 N–H and O–H groups in total. The molecule has 0 heterocycles. The lowest BCUT2D eigenvalue weighted by molar-refractivity contribution is -0.175. The lowest BCUT2D eigenvalue weighted by atomic mass is 9.89. The van der Waals surface area contributed by atoms with Crippen LogP contribution in [0.4, 0.5) is 13.2 Å². The molecule has 0 aliphatic heterocycles. The first-order valence-corrected chi connectivity index (χ1v) is 5.11. The highest BCUT2D eigenvalue weighted by Crippen LogP contribution is 2.18. The number of carbonyl (C=O) groups is 1. The minimum absolute atomic E-state index is 0.0162. The molecule has 0 saturated carbocycles. The molecule has 0 aromatic heterocycles. The van der Waals surface area contributed by atoms with Gasteiger partial charge in [-0.3, -0.25) is 4.79 Å². The van der Waals surface area contributed by atoms with Crippen LogP contribution >= 0.6 is 0 Å². The molecule has 0 aliphatic rings. The Morgan fingerprint density at radius 3 is 2.29 bits per heavy atom. The molecule has 4 nitrogen and oxygen atoms in total. The SMILES string of the molecule is CC(C)(C)C(O)CNC(=O)COCC(F)(F)F. The van der Waals surface area contributed by atoms with Crippen molar-refractivity contribution < 1.29 is 27.8 Å². The molecule has 1 unspecified atom stereocenters. The monoisotopic (exact) mass is 257 g/mol. The first kappa shape index (κ1) is 16.2. The number of aliphatic hydroxyl groups excluding tert-OH is 1. The highest BCUT2D eigenvalue weighted by atomic mass is 19.4. The number of amides is 1. The van der Waals surface area contributed by atoms with Crippen LogP contribution in [0.1, 0.15) is 20.8 Å². The highest BCUT2D eigenvalue weighted by Gasteiger charge is 2.28. The Balaban J connectivity index is 3.75. The van der Waals surface area contributed by atoms with Crippen LogP contribution in [-0.2, 0) is 9.53 Å². The van der Waals surface area contributed by atoms with Gasteiger partial charge in [-0.15, -0.1) is 0 Å². The molecule has 17 heavy (non-hydrogen) atoms. The van der Waals surface area contributed by atoms with E-state index in [0.717, 1.165) is 0 Å². The van der Waals surface area contributed by atoms with Gasteiger partial charge in [-0.1, -0.05) is 20.8 Å². The fourth-order valence-corrected chi connectivity index (χ4v) is 0.827. The predicted octanol–water partition coefficient (Wildman–Crippen LogP) is 1.09. The first-order valence-electron chi connectivity index (χ1n) is 5.11. The van der Waals surface area contributed by atoms with Gasteiger partial charge < -0.3 is 15.2 Å². The van der Waals surface area contributed by atoms with Crippen LogP contribution in [0.5, 0.6) is 0 Å². The molecule has 0 aromatic carbocycles. The van der Waals surface area contributed by atoms with Crippen LogP contribution in [0.15, 0.2) is 0 Å². The van der Waals surface area contributed by atoms with Crippen molar-refractivity contribution in [2.24, 2.45) is 5.41 Å². The van der Waals surface area contributed by atoms with Gasteiger partial charge in [0.15, 0.2) is 0 Å². The van der Waals surface area contributed by atoms with E-state index in [1.165, 1.54) is 0 Å². The van der Waals surface area contributed by atoms with Gasteiger partial charge in [-0.25, -0.2) is 0 Å². The molecule has 0 saturated heterocycles. The molecule has 1 amide bonds. The quantitative estimate of drug-likeness (QED) is 0.775. The summed E-state index contributed by atoms with van der Waals surface area (Å²) in [7, 11) is 0. The highest BCUT2D eigenvalue weighted by molar-refractivity contribution is 5.77. The van der Waals surface area contributed by atoms with Gasteiger partial charge in [0.25, 0.3) is 0 Å². The Kier molecular flexibility index (Phi) is 5.91. The maximum Gasteiger partial charge on any atom is 0.411 e. The Bertz CT molecular complexity index is 248. The van der Waals surface area contributed by atoms with Crippen molar-refractivity contribution in [3.05, 3.63) is 0 Å². The van der Waals surface area contributed by atoms with Crippen molar-refractivity contribution in [3.8, 4) is 0 Å². The van der Waals surface area contributed by atoms with Crippen LogP contribution in [-0.4, -0.2) is 43.1 Å². The molecule has 0 aliphatic carbocycles. The summed E-state index contributed by atoms with van der Waals surface area (Å²) < 4.78 is 39.2. The van der Waals surface area contributed by atoms with E-state index >= 15 is 0 Å². The number of carbonyl (C=O) groups excluding carboxylic acids is 1. The summed E-state index contributed by atoms with van der Waals surface area (Å²) in [5.74, 6) is -0.683. The maximum absolute atomic E-state index is 11.7. The normalized spacial score (nSPS) is 14.5. The van der Waals surface area contributed by atoms with Crippen molar-refractivity contribution in [3.63, 3.8) is 0 Å². The topological polar surface area (TPSA) is 58.6 Å². The number of hydrogen-bond acceptors (Lipinski definition) is 3. The van der Waals surface area contributed by atoms with Crippen molar-refractivity contribution in [2.45, 2.75) is 33.1 Å². The molecule has 7 heteroatoms. The third kappa shape index (κ3) is 8.93. The van der Waals surface area contributed by atoms with E-state index in [1.807, 2.05) is 0 Å². The average molecular weight is 257 g/mol. The zero-order valence-electron chi connectivity index (χ0n) is 10.1. The largest absolute Gasteiger partial charge is 0.411 e.